The quantitative estimate of drug-likeness (QED) is 0.646. The Kier molecular flexibility index (Phi) is 5.73. The number of aryl methyl sites for hydroxylation is 1. The Morgan fingerprint density at radius 2 is 1.68 bits per heavy atom. The Morgan fingerprint density at radius 3 is 2.43 bits per heavy atom. The minimum absolute atomic E-state index is 0.264. The van der Waals surface area contributed by atoms with Gasteiger partial charge < -0.3 is 10.1 Å². The summed E-state index contributed by atoms with van der Waals surface area (Å²) in [6, 6.07) is 16.7. The minimum Gasteiger partial charge on any atom is -0.449 e. The molecule has 3 rings (SSSR count). The fourth-order valence-corrected chi connectivity index (χ4v) is 3.10. The molecule has 0 aliphatic rings. The maximum absolute atomic E-state index is 12.7. The fourth-order valence-electron chi connectivity index (χ4n) is 3.10. The highest BCUT2D eigenvalue weighted by Gasteiger charge is 2.22. The Bertz CT molecular complexity index is 1030. The van der Waals surface area contributed by atoms with Crippen molar-refractivity contribution in [1.82, 2.24) is 4.98 Å². The molecule has 2 aromatic carbocycles. The van der Waals surface area contributed by atoms with Crippen molar-refractivity contribution < 1.29 is 14.3 Å². The highest BCUT2D eigenvalue weighted by Crippen LogP contribution is 2.24. The van der Waals surface area contributed by atoms with Gasteiger partial charge in [-0.15, -0.1) is 0 Å². The van der Waals surface area contributed by atoms with Gasteiger partial charge in [0.25, 0.3) is 5.91 Å². The Hall–Kier alpha value is -3.21. The molecule has 0 fully saturated rings. The summed E-state index contributed by atoms with van der Waals surface area (Å²) in [6.07, 6.45) is -0.931. The number of amides is 1. The molecule has 0 saturated carbocycles. The molecule has 1 atom stereocenters. The first-order chi connectivity index (χ1) is 13.4. The number of anilines is 1. The van der Waals surface area contributed by atoms with E-state index in [0.29, 0.717) is 16.6 Å². The Labute approximate surface area is 164 Å². The molecule has 1 N–H and O–H groups in total. The third kappa shape index (κ3) is 4.19. The third-order valence-electron chi connectivity index (χ3n) is 4.56. The normalized spacial score (nSPS) is 12.0. The minimum atomic E-state index is -0.931. The van der Waals surface area contributed by atoms with Crippen LogP contribution in [0.25, 0.3) is 10.9 Å². The summed E-state index contributed by atoms with van der Waals surface area (Å²) in [5.74, 6) is -0.640. The van der Waals surface area contributed by atoms with Crippen LogP contribution in [0.1, 0.15) is 48.3 Å². The molecule has 1 aromatic heterocycles. The van der Waals surface area contributed by atoms with E-state index in [1.165, 1.54) is 0 Å². The lowest BCUT2D eigenvalue weighted by Gasteiger charge is -2.17. The van der Waals surface area contributed by atoms with Crippen molar-refractivity contribution in [3.8, 4) is 0 Å². The number of hydrogen-bond acceptors (Lipinski definition) is 4. The smallest absolute Gasteiger partial charge is 0.339 e. The first-order valence-corrected chi connectivity index (χ1v) is 9.34. The lowest BCUT2D eigenvalue weighted by molar-refractivity contribution is -0.123. The van der Waals surface area contributed by atoms with Crippen molar-refractivity contribution in [3.05, 3.63) is 71.4 Å². The van der Waals surface area contributed by atoms with Gasteiger partial charge in [0.15, 0.2) is 6.10 Å². The second-order valence-electron chi connectivity index (χ2n) is 7.11. The molecule has 0 radical (unpaired) electrons. The van der Waals surface area contributed by atoms with Gasteiger partial charge in [0.1, 0.15) is 0 Å². The molecular weight excluding hydrogens is 352 g/mol. The van der Waals surface area contributed by atoms with E-state index in [-0.39, 0.29) is 11.8 Å². The molecule has 0 unspecified atom stereocenters. The van der Waals surface area contributed by atoms with Gasteiger partial charge >= 0.3 is 5.97 Å². The molecule has 0 spiro atoms. The largest absolute Gasteiger partial charge is 0.449 e. The standard InChI is InChI=1S/C23H24N2O3/c1-14(2)17-9-5-7-11-20(17)25-22(26)16(4)28-23(27)19-13-15(3)24-21-12-8-6-10-18(19)21/h5-14,16H,1-4H3,(H,25,26)/t16-/m0/s1. The summed E-state index contributed by atoms with van der Waals surface area (Å²) in [5, 5.41) is 3.57. The molecule has 5 heteroatoms. The summed E-state index contributed by atoms with van der Waals surface area (Å²) in [4.78, 5) is 29.7. The zero-order valence-corrected chi connectivity index (χ0v) is 16.5. The highest BCUT2D eigenvalue weighted by atomic mass is 16.5. The van der Waals surface area contributed by atoms with E-state index in [9.17, 15) is 9.59 Å². The van der Waals surface area contributed by atoms with E-state index >= 15 is 0 Å². The number of fused-ring (bicyclic) bond motifs is 1. The van der Waals surface area contributed by atoms with Gasteiger partial charge in [-0.05, 0) is 43.5 Å². The molecule has 1 heterocycles. The average Bonchev–Trinajstić information content (AvgIpc) is 2.67. The van der Waals surface area contributed by atoms with Crippen LogP contribution in [-0.4, -0.2) is 23.0 Å². The summed E-state index contributed by atoms with van der Waals surface area (Å²) < 4.78 is 5.46. The number of rotatable bonds is 5. The van der Waals surface area contributed by atoms with Crippen molar-refractivity contribution in [3.63, 3.8) is 0 Å². The number of carbonyl (C=O) groups is 2. The zero-order valence-electron chi connectivity index (χ0n) is 16.5. The van der Waals surface area contributed by atoms with Crippen LogP contribution < -0.4 is 5.32 Å². The molecule has 0 saturated heterocycles. The van der Waals surface area contributed by atoms with Crippen LogP contribution in [0.4, 0.5) is 5.69 Å². The number of carbonyl (C=O) groups excluding carboxylic acids is 2. The van der Waals surface area contributed by atoms with Crippen molar-refractivity contribution in [2.75, 3.05) is 5.32 Å². The van der Waals surface area contributed by atoms with E-state index < -0.39 is 12.1 Å². The van der Waals surface area contributed by atoms with E-state index in [1.807, 2.05) is 55.5 Å². The van der Waals surface area contributed by atoms with Crippen molar-refractivity contribution in [1.29, 1.82) is 0 Å². The van der Waals surface area contributed by atoms with Gasteiger partial charge in [-0.2, -0.15) is 0 Å². The molecule has 1 amide bonds. The molecular formula is C23H24N2O3. The topological polar surface area (TPSA) is 68.3 Å². The maximum atomic E-state index is 12.7. The van der Waals surface area contributed by atoms with Crippen LogP contribution in [0.5, 0.6) is 0 Å². The lowest BCUT2D eigenvalue weighted by atomic mass is 10.0. The van der Waals surface area contributed by atoms with E-state index in [1.54, 1.807) is 13.0 Å². The van der Waals surface area contributed by atoms with Crippen molar-refractivity contribution in [2.24, 2.45) is 0 Å². The van der Waals surface area contributed by atoms with Crippen LogP contribution in [0.3, 0.4) is 0 Å². The summed E-state index contributed by atoms with van der Waals surface area (Å²) in [5.41, 5.74) is 3.61. The summed E-state index contributed by atoms with van der Waals surface area (Å²) >= 11 is 0. The Morgan fingerprint density at radius 1 is 1.00 bits per heavy atom. The van der Waals surface area contributed by atoms with Gasteiger partial charge in [-0.1, -0.05) is 50.2 Å². The van der Waals surface area contributed by atoms with E-state index in [2.05, 4.69) is 24.1 Å². The molecule has 28 heavy (non-hydrogen) atoms. The van der Waals surface area contributed by atoms with Gasteiger partial charge in [0.05, 0.1) is 11.1 Å². The molecule has 0 aliphatic carbocycles. The van der Waals surface area contributed by atoms with Gasteiger partial charge in [0, 0.05) is 16.8 Å². The predicted molar refractivity (Wildman–Crippen MR) is 111 cm³/mol. The van der Waals surface area contributed by atoms with E-state index in [4.69, 9.17) is 4.74 Å². The van der Waals surface area contributed by atoms with E-state index in [0.717, 1.165) is 16.8 Å². The fraction of sp³-hybridized carbons (Fsp3) is 0.261. The molecule has 0 bridgehead atoms. The number of pyridine rings is 1. The summed E-state index contributed by atoms with van der Waals surface area (Å²) in [6.45, 7) is 7.51. The van der Waals surface area contributed by atoms with Gasteiger partial charge in [-0.25, -0.2) is 4.79 Å². The van der Waals surface area contributed by atoms with Crippen molar-refractivity contribution >= 4 is 28.5 Å². The number of aromatic nitrogens is 1. The highest BCUT2D eigenvalue weighted by molar-refractivity contribution is 6.05. The van der Waals surface area contributed by atoms with Crippen LogP contribution in [0, 0.1) is 6.92 Å². The number of nitrogens with zero attached hydrogens (tertiary/aromatic N) is 1. The SMILES string of the molecule is Cc1cc(C(=O)O[C@@H](C)C(=O)Nc2ccccc2C(C)C)c2ccccc2n1. The van der Waals surface area contributed by atoms with Crippen LogP contribution in [0.15, 0.2) is 54.6 Å². The lowest BCUT2D eigenvalue weighted by Crippen LogP contribution is -2.30. The molecule has 5 nitrogen and oxygen atoms in total. The number of benzene rings is 2. The number of hydrogen-bond donors (Lipinski definition) is 1. The second-order valence-corrected chi connectivity index (χ2v) is 7.11. The van der Waals surface area contributed by atoms with Crippen LogP contribution in [-0.2, 0) is 9.53 Å². The first-order valence-electron chi connectivity index (χ1n) is 9.34. The third-order valence-corrected chi connectivity index (χ3v) is 4.56. The first kappa shape index (κ1) is 19.5. The van der Waals surface area contributed by atoms with Gasteiger partial charge in [-0.3, -0.25) is 9.78 Å². The van der Waals surface area contributed by atoms with Crippen LogP contribution >= 0.6 is 0 Å². The average molecular weight is 376 g/mol. The molecule has 3 aromatic rings. The number of esters is 1. The Balaban J connectivity index is 1.77. The maximum Gasteiger partial charge on any atom is 0.339 e. The number of para-hydroxylation sites is 2. The number of ether oxygens (including phenoxy) is 1. The molecule has 0 aliphatic heterocycles. The zero-order chi connectivity index (χ0) is 20.3. The number of nitrogens with one attached hydrogen (secondary N) is 1. The van der Waals surface area contributed by atoms with Crippen LogP contribution in [0.2, 0.25) is 0 Å². The summed E-state index contributed by atoms with van der Waals surface area (Å²) in [7, 11) is 0. The molecule has 144 valence electrons. The second kappa shape index (κ2) is 8.21. The predicted octanol–water partition coefficient (Wildman–Crippen LogP) is 4.85. The van der Waals surface area contributed by atoms with Crippen molar-refractivity contribution in [2.45, 2.75) is 39.7 Å². The monoisotopic (exact) mass is 376 g/mol. The van der Waals surface area contributed by atoms with Gasteiger partial charge in [0.2, 0.25) is 0 Å².